The normalized spacial score (nSPS) is 18.7. The number of rotatable bonds is 2. The predicted molar refractivity (Wildman–Crippen MR) is 78.5 cm³/mol. The van der Waals surface area contributed by atoms with Gasteiger partial charge in [-0.25, -0.2) is 0 Å². The second-order valence-electron chi connectivity index (χ2n) is 5.14. The summed E-state index contributed by atoms with van der Waals surface area (Å²) in [6.45, 7) is 9.49. The van der Waals surface area contributed by atoms with Crippen LogP contribution in [0.2, 0.25) is 0 Å². The van der Waals surface area contributed by atoms with E-state index in [0.29, 0.717) is 5.75 Å². The van der Waals surface area contributed by atoms with Crippen molar-refractivity contribution in [2.24, 2.45) is 0 Å². The van der Waals surface area contributed by atoms with Crippen LogP contribution in [0.5, 0.6) is 11.5 Å². The van der Waals surface area contributed by atoms with E-state index in [1.165, 1.54) is 6.92 Å². The molecule has 1 heterocycles. The van der Waals surface area contributed by atoms with Gasteiger partial charge in [0, 0.05) is 23.7 Å². The molecule has 0 amide bonds. The van der Waals surface area contributed by atoms with E-state index in [-0.39, 0.29) is 16.9 Å². The number of halogens is 1. The maximum atomic E-state index is 11.2. The maximum absolute atomic E-state index is 11.2. The first-order chi connectivity index (χ1) is 8.82. The van der Waals surface area contributed by atoms with Crippen molar-refractivity contribution in [3.05, 3.63) is 22.3 Å². The highest BCUT2D eigenvalue weighted by Crippen LogP contribution is 2.43. The summed E-state index contributed by atoms with van der Waals surface area (Å²) >= 11 is 3.58. The Bertz CT molecular complexity index is 535. The van der Waals surface area contributed by atoms with E-state index >= 15 is 0 Å². The molecule has 0 fully saturated rings. The smallest absolute Gasteiger partial charge is 0.308 e. The van der Waals surface area contributed by atoms with E-state index in [1.54, 1.807) is 0 Å². The lowest BCUT2D eigenvalue weighted by molar-refractivity contribution is -0.131. The van der Waals surface area contributed by atoms with Crippen LogP contribution < -0.4 is 9.47 Å². The van der Waals surface area contributed by atoms with Gasteiger partial charge in [-0.15, -0.1) is 0 Å². The highest BCUT2D eigenvalue weighted by atomic mass is 79.9. The van der Waals surface area contributed by atoms with Gasteiger partial charge in [-0.2, -0.15) is 0 Å². The summed E-state index contributed by atoms with van der Waals surface area (Å²) in [5, 5.41) is 0. The summed E-state index contributed by atoms with van der Waals surface area (Å²) in [5.41, 5.74) is 4.22. The van der Waals surface area contributed by atoms with Crippen molar-refractivity contribution < 1.29 is 14.3 Å². The maximum Gasteiger partial charge on any atom is 0.308 e. The zero-order chi connectivity index (χ0) is 14.3. The third-order valence-corrected chi connectivity index (χ3v) is 4.33. The molecule has 1 aliphatic heterocycles. The van der Waals surface area contributed by atoms with Crippen LogP contribution in [-0.2, 0) is 11.2 Å². The van der Waals surface area contributed by atoms with Gasteiger partial charge in [-0.1, -0.05) is 15.9 Å². The van der Waals surface area contributed by atoms with Gasteiger partial charge in [0.2, 0.25) is 0 Å². The number of hydrogen-bond acceptors (Lipinski definition) is 3. The summed E-state index contributed by atoms with van der Waals surface area (Å²) < 4.78 is 11.4. The van der Waals surface area contributed by atoms with Crippen LogP contribution in [0, 0.1) is 20.8 Å². The highest BCUT2D eigenvalue weighted by Gasteiger charge is 2.32. The van der Waals surface area contributed by atoms with E-state index in [2.05, 4.69) is 22.9 Å². The van der Waals surface area contributed by atoms with E-state index < -0.39 is 0 Å². The molecule has 1 aromatic carbocycles. The first-order valence-electron chi connectivity index (χ1n) is 6.44. The molecule has 3 nitrogen and oxygen atoms in total. The Morgan fingerprint density at radius 1 is 1.32 bits per heavy atom. The molecular formula is C15H19BrO3. The van der Waals surface area contributed by atoms with Crippen molar-refractivity contribution in [1.29, 1.82) is 0 Å². The number of benzene rings is 1. The van der Waals surface area contributed by atoms with E-state index in [1.807, 2.05) is 20.8 Å². The predicted octanol–water partition coefficient (Wildman–Crippen LogP) is 3.62. The minimum Gasteiger partial charge on any atom is -0.488 e. The Morgan fingerprint density at radius 2 is 1.95 bits per heavy atom. The molecule has 0 aliphatic carbocycles. The quantitative estimate of drug-likeness (QED) is 0.473. The Kier molecular flexibility index (Phi) is 3.90. The van der Waals surface area contributed by atoms with Gasteiger partial charge >= 0.3 is 5.97 Å². The molecular weight excluding hydrogens is 308 g/mol. The average Bonchev–Trinajstić information content (AvgIpc) is 2.77. The average molecular weight is 327 g/mol. The fourth-order valence-corrected chi connectivity index (χ4v) is 2.80. The van der Waals surface area contributed by atoms with E-state index in [0.717, 1.165) is 34.4 Å². The largest absolute Gasteiger partial charge is 0.488 e. The second-order valence-corrected chi connectivity index (χ2v) is 6.59. The molecule has 0 saturated carbocycles. The van der Waals surface area contributed by atoms with Crippen LogP contribution in [0.4, 0.5) is 0 Å². The van der Waals surface area contributed by atoms with Gasteiger partial charge < -0.3 is 9.47 Å². The number of hydrogen-bond donors (Lipinski definition) is 0. The zero-order valence-electron chi connectivity index (χ0n) is 12.0. The third-order valence-electron chi connectivity index (χ3n) is 3.74. The topological polar surface area (TPSA) is 35.5 Å². The van der Waals surface area contributed by atoms with Gasteiger partial charge in [0.05, 0.1) is 0 Å². The molecule has 19 heavy (non-hydrogen) atoms. The fraction of sp³-hybridized carbons (Fsp3) is 0.533. The van der Waals surface area contributed by atoms with Gasteiger partial charge in [0.25, 0.3) is 0 Å². The number of carbonyl (C=O) groups is 1. The monoisotopic (exact) mass is 326 g/mol. The SMILES string of the molecule is CC(=O)Oc1c(C)c(C)c2c(c1C)CC(C(C)Br)O2. The summed E-state index contributed by atoms with van der Waals surface area (Å²) in [5.74, 6) is 1.37. The van der Waals surface area contributed by atoms with Crippen LogP contribution in [-0.4, -0.2) is 16.9 Å². The summed E-state index contributed by atoms with van der Waals surface area (Å²) in [6, 6.07) is 0. The molecule has 1 aliphatic rings. The summed E-state index contributed by atoms with van der Waals surface area (Å²) in [4.78, 5) is 11.5. The van der Waals surface area contributed by atoms with Crippen LogP contribution in [0.3, 0.4) is 0 Å². The Labute approximate surface area is 122 Å². The van der Waals surface area contributed by atoms with Gasteiger partial charge in [-0.3, -0.25) is 4.79 Å². The zero-order valence-corrected chi connectivity index (χ0v) is 13.6. The molecule has 0 bridgehead atoms. The van der Waals surface area contributed by atoms with Crippen LogP contribution in [0.1, 0.15) is 36.1 Å². The highest BCUT2D eigenvalue weighted by molar-refractivity contribution is 9.09. The third kappa shape index (κ3) is 2.50. The van der Waals surface area contributed by atoms with Gasteiger partial charge in [-0.05, 0) is 44.4 Å². The van der Waals surface area contributed by atoms with Crippen LogP contribution in [0.25, 0.3) is 0 Å². The number of carbonyl (C=O) groups excluding carboxylic acids is 1. The van der Waals surface area contributed by atoms with Crippen LogP contribution in [0.15, 0.2) is 0 Å². The van der Waals surface area contributed by atoms with Gasteiger partial charge in [0.15, 0.2) is 0 Å². The number of alkyl halides is 1. The minimum absolute atomic E-state index is 0.138. The van der Waals surface area contributed by atoms with Crippen molar-refractivity contribution in [3.63, 3.8) is 0 Å². The lowest BCUT2D eigenvalue weighted by Gasteiger charge is -2.16. The molecule has 1 aromatic rings. The minimum atomic E-state index is -0.283. The molecule has 4 heteroatoms. The first-order valence-corrected chi connectivity index (χ1v) is 7.36. The first kappa shape index (κ1) is 14.4. The lowest BCUT2D eigenvalue weighted by Crippen LogP contribution is -2.22. The molecule has 0 aromatic heterocycles. The van der Waals surface area contributed by atoms with Crippen molar-refractivity contribution >= 4 is 21.9 Å². The number of fused-ring (bicyclic) bond motifs is 1. The van der Waals surface area contributed by atoms with Crippen molar-refractivity contribution in [1.82, 2.24) is 0 Å². The molecule has 2 atom stereocenters. The van der Waals surface area contributed by atoms with Gasteiger partial charge in [0.1, 0.15) is 17.6 Å². The molecule has 0 radical (unpaired) electrons. The molecule has 0 spiro atoms. The fourth-order valence-electron chi connectivity index (χ4n) is 2.51. The number of ether oxygens (including phenoxy) is 2. The summed E-state index contributed by atoms with van der Waals surface area (Å²) in [6.07, 6.45) is 0.988. The van der Waals surface area contributed by atoms with E-state index in [4.69, 9.17) is 9.47 Å². The number of esters is 1. The molecule has 0 N–H and O–H groups in total. The Morgan fingerprint density at radius 3 is 2.47 bits per heavy atom. The Hall–Kier alpha value is -1.03. The standard InChI is InChI=1S/C15H19BrO3/c1-7-8(2)15-12(6-13(19-15)10(4)16)9(3)14(7)18-11(5)17/h10,13H,6H2,1-5H3. The molecule has 2 rings (SSSR count). The Balaban J connectivity index is 2.52. The molecule has 2 unspecified atom stereocenters. The molecule has 104 valence electrons. The van der Waals surface area contributed by atoms with Crippen LogP contribution >= 0.6 is 15.9 Å². The molecule has 0 saturated heterocycles. The van der Waals surface area contributed by atoms with Crippen molar-refractivity contribution in [2.75, 3.05) is 0 Å². The lowest BCUT2D eigenvalue weighted by atomic mass is 9.95. The van der Waals surface area contributed by atoms with Crippen molar-refractivity contribution in [2.45, 2.75) is 52.0 Å². The van der Waals surface area contributed by atoms with E-state index in [9.17, 15) is 4.79 Å². The summed E-state index contributed by atoms with van der Waals surface area (Å²) in [7, 11) is 0. The van der Waals surface area contributed by atoms with Crippen molar-refractivity contribution in [3.8, 4) is 11.5 Å². The second kappa shape index (κ2) is 5.16.